The molecule has 2 heterocycles. The van der Waals surface area contributed by atoms with E-state index in [1.165, 1.54) is 28.7 Å². The standard InChI is InChI=1S/C48H44N4O6S2/c1-2-57-48(56)44-40-25-26-52(29-34-13-6-3-7-14-34)30-42(40)60-47(44)51-43(53)32-59-39-20-12-19-37(28-39)49-46(55)41(50-45(54)36-17-10-5-11-18-36)27-33-21-23-38(24-22-33)58-31-35-15-8-4-9-16-35/h3-24,27-28H,2,25-26,29-32H2,1H3,(H,49,55)(H,50,54)(H,51,53)/b41-27-. The molecule has 7 rings (SSSR count). The van der Waals surface area contributed by atoms with E-state index in [2.05, 4.69) is 33.0 Å². The van der Waals surface area contributed by atoms with Crippen molar-refractivity contribution in [3.05, 3.63) is 183 Å². The molecule has 3 N–H and O–H groups in total. The zero-order chi connectivity index (χ0) is 41.7. The molecule has 60 heavy (non-hydrogen) atoms. The van der Waals surface area contributed by atoms with Crippen molar-refractivity contribution in [3.8, 4) is 5.75 Å². The van der Waals surface area contributed by atoms with Gasteiger partial charge in [-0.25, -0.2) is 4.79 Å². The lowest BCUT2D eigenvalue weighted by molar-refractivity contribution is -0.114. The van der Waals surface area contributed by atoms with Crippen LogP contribution in [0.5, 0.6) is 5.75 Å². The number of ether oxygens (including phenoxy) is 2. The molecule has 0 saturated heterocycles. The number of thiophene rings is 1. The van der Waals surface area contributed by atoms with E-state index < -0.39 is 17.8 Å². The summed E-state index contributed by atoms with van der Waals surface area (Å²) in [6.07, 6.45) is 2.28. The maximum absolute atomic E-state index is 13.8. The molecule has 0 aliphatic carbocycles. The second kappa shape index (κ2) is 20.5. The van der Waals surface area contributed by atoms with Crippen molar-refractivity contribution in [1.29, 1.82) is 0 Å². The second-order valence-corrected chi connectivity index (χ2v) is 16.1. The SMILES string of the molecule is CCOC(=O)c1c(NC(=O)CSc2cccc(NC(=O)/C(=C/c3ccc(OCc4ccccc4)cc3)NC(=O)c3ccccc3)c2)sc2c1CCN(Cc1ccccc1)C2. The Kier molecular flexibility index (Phi) is 14.2. The first kappa shape index (κ1) is 41.7. The van der Waals surface area contributed by atoms with E-state index in [0.29, 0.717) is 52.7 Å². The van der Waals surface area contributed by atoms with Gasteiger partial charge in [-0.05, 0) is 84.1 Å². The van der Waals surface area contributed by atoms with E-state index in [1.807, 2.05) is 84.9 Å². The van der Waals surface area contributed by atoms with Gasteiger partial charge in [-0.3, -0.25) is 19.3 Å². The molecular weight excluding hydrogens is 793 g/mol. The Morgan fingerprint density at radius 2 is 1.50 bits per heavy atom. The summed E-state index contributed by atoms with van der Waals surface area (Å²) in [5.74, 6) is -0.943. The second-order valence-electron chi connectivity index (χ2n) is 13.9. The summed E-state index contributed by atoms with van der Waals surface area (Å²) < 4.78 is 11.3. The average Bonchev–Trinajstić information content (AvgIpc) is 3.63. The van der Waals surface area contributed by atoms with Gasteiger partial charge in [0.1, 0.15) is 23.1 Å². The highest BCUT2D eigenvalue weighted by Crippen LogP contribution is 2.38. The summed E-state index contributed by atoms with van der Waals surface area (Å²) in [4.78, 5) is 57.7. The van der Waals surface area contributed by atoms with Crippen molar-refractivity contribution in [3.63, 3.8) is 0 Å². The molecule has 1 aromatic heterocycles. The summed E-state index contributed by atoms with van der Waals surface area (Å²) in [5.41, 5.74) is 5.24. The van der Waals surface area contributed by atoms with Crippen LogP contribution in [-0.4, -0.2) is 47.5 Å². The number of benzene rings is 5. The predicted octanol–water partition coefficient (Wildman–Crippen LogP) is 9.20. The molecule has 6 aromatic rings. The third kappa shape index (κ3) is 11.4. The number of carbonyl (C=O) groups excluding carboxylic acids is 4. The molecule has 0 atom stereocenters. The molecule has 1 aliphatic rings. The van der Waals surface area contributed by atoms with Gasteiger partial charge in [0, 0.05) is 40.7 Å². The van der Waals surface area contributed by atoms with Gasteiger partial charge >= 0.3 is 5.97 Å². The van der Waals surface area contributed by atoms with Crippen LogP contribution in [0.1, 0.15) is 54.8 Å². The number of thioether (sulfide) groups is 1. The van der Waals surface area contributed by atoms with E-state index in [1.54, 1.807) is 55.5 Å². The third-order valence-corrected chi connectivity index (χ3v) is 11.7. The van der Waals surface area contributed by atoms with E-state index in [4.69, 9.17) is 9.47 Å². The maximum atomic E-state index is 13.8. The van der Waals surface area contributed by atoms with Crippen LogP contribution in [0.2, 0.25) is 0 Å². The highest BCUT2D eigenvalue weighted by molar-refractivity contribution is 8.00. The van der Waals surface area contributed by atoms with Crippen molar-refractivity contribution in [1.82, 2.24) is 10.2 Å². The van der Waals surface area contributed by atoms with Gasteiger partial charge in [0.25, 0.3) is 11.8 Å². The summed E-state index contributed by atoms with van der Waals surface area (Å²) >= 11 is 2.72. The number of hydrogen-bond acceptors (Lipinski definition) is 9. The first-order valence-electron chi connectivity index (χ1n) is 19.6. The van der Waals surface area contributed by atoms with Gasteiger partial charge in [0.2, 0.25) is 5.91 Å². The lowest BCUT2D eigenvalue weighted by Gasteiger charge is -2.27. The molecule has 0 saturated carbocycles. The molecule has 5 aromatic carbocycles. The van der Waals surface area contributed by atoms with E-state index in [0.717, 1.165) is 34.0 Å². The summed E-state index contributed by atoms with van der Waals surface area (Å²) in [7, 11) is 0. The van der Waals surface area contributed by atoms with Crippen LogP contribution in [0.25, 0.3) is 6.08 Å². The van der Waals surface area contributed by atoms with E-state index in [-0.39, 0.29) is 24.0 Å². The van der Waals surface area contributed by atoms with Gasteiger partial charge in [0.05, 0.1) is 17.9 Å². The smallest absolute Gasteiger partial charge is 0.341 e. The maximum Gasteiger partial charge on any atom is 0.341 e. The molecule has 0 fully saturated rings. The van der Waals surface area contributed by atoms with Crippen LogP contribution in [0.3, 0.4) is 0 Å². The first-order chi connectivity index (χ1) is 29.3. The van der Waals surface area contributed by atoms with Gasteiger partial charge in [-0.2, -0.15) is 0 Å². The number of anilines is 2. The van der Waals surface area contributed by atoms with Gasteiger partial charge in [0.15, 0.2) is 0 Å². The van der Waals surface area contributed by atoms with Gasteiger partial charge in [-0.15, -0.1) is 23.1 Å². The minimum atomic E-state index is -0.529. The number of esters is 1. The summed E-state index contributed by atoms with van der Waals surface area (Å²) in [5, 5.41) is 9.17. The molecule has 12 heteroatoms. The average molecular weight is 837 g/mol. The Labute approximate surface area is 357 Å². The van der Waals surface area contributed by atoms with E-state index in [9.17, 15) is 19.2 Å². The third-order valence-electron chi connectivity index (χ3n) is 9.55. The molecular formula is C48H44N4O6S2. The van der Waals surface area contributed by atoms with Crippen molar-refractivity contribution in [2.75, 3.05) is 29.5 Å². The molecule has 304 valence electrons. The zero-order valence-corrected chi connectivity index (χ0v) is 34.7. The van der Waals surface area contributed by atoms with Crippen LogP contribution in [0, 0.1) is 0 Å². The summed E-state index contributed by atoms with van der Waals surface area (Å²) in [6.45, 7) is 4.67. The number of carbonyl (C=O) groups is 4. The summed E-state index contributed by atoms with van der Waals surface area (Å²) in [6, 6.07) is 43.2. The minimum absolute atomic E-state index is 0.0403. The van der Waals surface area contributed by atoms with Crippen LogP contribution >= 0.6 is 23.1 Å². The quantitative estimate of drug-likeness (QED) is 0.0501. The highest BCUT2D eigenvalue weighted by atomic mass is 32.2. The number of amides is 3. The molecule has 10 nitrogen and oxygen atoms in total. The number of fused-ring (bicyclic) bond motifs is 1. The Morgan fingerprint density at radius 1 is 0.800 bits per heavy atom. The van der Waals surface area contributed by atoms with E-state index >= 15 is 0 Å². The van der Waals surface area contributed by atoms with Crippen LogP contribution < -0.4 is 20.7 Å². The molecule has 0 bridgehead atoms. The normalized spacial score (nSPS) is 12.5. The predicted molar refractivity (Wildman–Crippen MR) is 238 cm³/mol. The number of rotatable bonds is 16. The number of nitrogens with zero attached hydrogens (tertiary/aromatic N) is 1. The van der Waals surface area contributed by atoms with Gasteiger partial charge in [-0.1, -0.05) is 97.1 Å². The largest absolute Gasteiger partial charge is 0.489 e. The Balaban J connectivity index is 1.00. The number of hydrogen-bond donors (Lipinski definition) is 3. The fraction of sp³-hybridized carbons (Fsp3) is 0.167. The van der Waals surface area contributed by atoms with Gasteiger partial charge < -0.3 is 25.4 Å². The van der Waals surface area contributed by atoms with Crippen LogP contribution in [0.15, 0.2) is 150 Å². The van der Waals surface area contributed by atoms with Crippen LogP contribution in [-0.2, 0) is 40.4 Å². The molecule has 1 aliphatic heterocycles. The van der Waals surface area contributed by atoms with Crippen LogP contribution in [0.4, 0.5) is 10.7 Å². The first-order valence-corrected chi connectivity index (χ1v) is 21.4. The van der Waals surface area contributed by atoms with Crippen molar-refractivity contribution in [2.24, 2.45) is 0 Å². The minimum Gasteiger partial charge on any atom is -0.489 e. The Hall–Kier alpha value is -6.47. The monoisotopic (exact) mass is 836 g/mol. The Morgan fingerprint density at radius 3 is 2.22 bits per heavy atom. The Bertz CT molecular complexity index is 2460. The molecule has 0 spiro atoms. The van der Waals surface area contributed by atoms with Crippen molar-refractivity contribution < 1.29 is 28.7 Å². The molecule has 0 unspecified atom stereocenters. The topological polar surface area (TPSA) is 126 Å². The van der Waals surface area contributed by atoms with Crippen molar-refractivity contribution >= 4 is 63.6 Å². The molecule has 0 radical (unpaired) electrons. The fourth-order valence-corrected chi connectivity index (χ4v) is 8.67. The molecule has 3 amide bonds. The number of nitrogens with one attached hydrogen (secondary N) is 3. The highest BCUT2D eigenvalue weighted by Gasteiger charge is 2.29. The van der Waals surface area contributed by atoms with Crippen molar-refractivity contribution in [2.45, 2.75) is 37.9 Å². The lowest BCUT2D eigenvalue weighted by atomic mass is 10.0. The lowest BCUT2D eigenvalue weighted by Crippen LogP contribution is -2.30. The fourth-order valence-electron chi connectivity index (χ4n) is 6.62. The zero-order valence-electron chi connectivity index (χ0n) is 33.0.